The first-order valence-corrected chi connectivity index (χ1v) is 7.69. The fourth-order valence-electron chi connectivity index (χ4n) is 2.12. The van der Waals surface area contributed by atoms with E-state index in [1.807, 2.05) is 12.2 Å². The van der Waals surface area contributed by atoms with Crippen LogP contribution in [0.4, 0.5) is 0 Å². The molecule has 20 heavy (non-hydrogen) atoms. The smallest absolute Gasteiger partial charge is 0.307 e. The van der Waals surface area contributed by atoms with Crippen molar-refractivity contribution >= 4 is 17.7 Å². The van der Waals surface area contributed by atoms with E-state index in [9.17, 15) is 9.90 Å². The van der Waals surface area contributed by atoms with Gasteiger partial charge in [0.05, 0.1) is 17.6 Å². The monoisotopic (exact) mass is 296 g/mol. The van der Waals surface area contributed by atoms with Gasteiger partial charge in [-0.1, -0.05) is 38.1 Å². The number of carboxylic acids is 1. The molecule has 1 heterocycles. The largest absolute Gasteiger partial charge is 0.481 e. The lowest BCUT2D eigenvalue weighted by Gasteiger charge is -2.21. The van der Waals surface area contributed by atoms with Gasteiger partial charge < -0.3 is 9.63 Å². The van der Waals surface area contributed by atoms with Crippen LogP contribution in [-0.2, 0) is 10.5 Å². The van der Waals surface area contributed by atoms with E-state index in [1.54, 1.807) is 11.8 Å². The van der Waals surface area contributed by atoms with Gasteiger partial charge >= 0.3 is 5.97 Å². The maximum absolute atomic E-state index is 11.3. The van der Waals surface area contributed by atoms with Gasteiger partial charge in [0.2, 0.25) is 5.89 Å². The summed E-state index contributed by atoms with van der Waals surface area (Å²) in [5, 5.41) is 13.2. The Morgan fingerprint density at radius 3 is 2.80 bits per heavy atom. The van der Waals surface area contributed by atoms with Gasteiger partial charge in [0.15, 0.2) is 5.82 Å². The molecule has 1 aliphatic rings. The number of allylic oxidation sites excluding steroid dienone is 2. The predicted molar refractivity (Wildman–Crippen MR) is 77.6 cm³/mol. The molecule has 110 valence electrons. The van der Waals surface area contributed by atoms with E-state index < -0.39 is 11.9 Å². The third-order valence-corrected chi connectivity index (χ3v) is 4.45. The second-order valence-electron chi connectivity index (χ2n) is 5.94. The van der Waals surface area contributed by atoms with Crippen molar-refractivity contribution in [1.29, 1.82) is 0 Å². The van der Waals surface area contributed by atoms with Crippen LogP contribution in [0.3, 0.4) is 0 Å². The van der Waals surface area contributed by atoms with E-state index in [0.717, 1.165) is 0 Å². The Labute approximate surface area is 122 Å². The summed E-state index contributed by atoms with van der Waals surface area (Å²) < 4.78 is 5.41. The Kier molecular flexibility index (Phi) is 4.52. The standard InChI is InChI=1S/C14H20N2O3S/c1-14(2,3)20-8-11-15-12(19-16-11)9-6-4-5-7-10(9)13(17)18/h4-5,9-10H,6-8H2,1-3H3,(H,17,18). The zero-order valence-electron chi connectivity index (χ0n) is 12.0. The van der Waals surface area contributed by atoms with Crippen molar-refractivity contribution in [2.24, 2.45) is 5.92 Å². The maximum atomic E-state index is 11.3. The van der Waals surface area contributed by atoms with Crippen LogP contribution in [0, 0.1) is 5.92 Å². The lowest BCUT2D eigenvalue weighted by molar-refractivity contribution is -0.142. The Bertz CT molecular complexity index is 505. The molecule has 5 nitrogen and oxygen atoms in total. The average molecular weight is 296 g/mol. The highest BCUT2D eigenvalue weighted by Gasteiger charge is 2.33. The first-order chi connectivity index (χ1) is 9.37. The molecular weight excluding hydrogens is 276 g/mol. The van der Waals surface area contributed by atoms with Crippen LogP contribution in [-0.4, -0.2) is 26.0 Å². The average Bonchev–Trinajstić information content (AvgIpc) is 2.84. The van der Waals surface area contributed by atoms with Gasteiger partial charge in [-0.25, -0.2) is 0 Å². The summed E-state index contributed by atoms with van der Waals surface area (Å²) in [5.41, 5.74) is 0. The van der Waals surface area contributed by atoms with Gasteiger partial charge in [-0.3, -0.25) is 4.79 Å². The summed E-state index contributed by atoms with van der Waals surface area (Å²) in [4.78, 5) is 15.6. The van der Waals surface area contributed by atoms with Crippen molar-refractivity contribution in [3.8, 4) is 0 Å². The van der Waals surface area contributed by atoms with Crippen molar-refractivity contribution in [2.75, 3.05) is 0 Å². The van der Waals surface area contributed by atoms with E-state index in [0.29, 0.717) is 30.3 Å². The molecular formula is C14H20N2O3S. The van der Waals surface area contributed by atoms with E-state index >= 15 is 0 Å². The molecule has 6 heteroatoms. The van der Waals surface area contributed by atoms with Gasteiger partial charge in [0, 0.05) is 4.75 Å². The van der Waals surface area contributed by atoms with E-state index in [1.165, 1.54) is 0 Å². The summed E-state index contributed by atoms with van der Waals surface area (Å²) in [6.45, 7) is 6.39. The number of thioether (sulfide) groups is 1. The zero-order chi connectivity index (χ0) is 14.8. The van der Waals surface area contributed by atoms with E-state index in [2.05, 4.69) is 30.9 Å². The summed E-state index contributed by atoms with van der Waals surface area (Å²) >= 11 is 1.74. The van der Waals surface area contributed by atoms with Gasteiger partial charge in [0.1, 0.15) is 0 Å². The maximum Gasteiger partial charge on any atom is 0.307 e. The SMILES string of the molecule is CC(C)(C)SCc1noc(C2CC=CCC2C(=O)O)n1. The minimum absolute atomic E-state index is 0.137. The molecule has 0 bridgehead atoms. The number of nitrogens with zero attached hydrogens (tertiary/aromatic N) is 2. The fourth-order valence-corrected chi connectivity index (χ4v) is 2.80. The van der Waals surface area contributed by atoms with Gasteiger partial charge in [0.25, 0.3) is 0 Å². The van der Waals surface area contributed by atoms with Crippen molar-refractivity contribution in [3.05, 3.63) is 23.9 Å². The molecule has 2 unspecified atom stereocenters. The minimum Gasteiger partial charge on any atom is -0.481 e. The molecule has 1 aliphatic carbocycles. The van der Waals surface area contributed by atoms with Gasteiger partial charge in [-0.2, -0.15) is 4.98 Å². The summed E-state index contributed by atoms with van der Waals surface area (Å²) in [6, 6.07) is 0. The van der Waals surface area contributed by atoms with Crippen LogP contribution in [0.5, 0.6) is 0 Å². The fraction of sp³-hybridized carbons (Fsp3) is 0.643. The molecule has 0 aromatic carbocycles. The molecule has 0 amide bonds. The van der Waals surface area contributed by atoms with Crippen LogP contribution in [0.15, 0.2) is 16.7 Å². The highest BCUT2D eigenvalue weighted by molar-refractivity contribution is 7.99. The number of aromatic nitrogens is 2. The molecule has 0 fully saturated rings. The third kappa shape index (κ3) is 3.85. The molecule has 0 aliphatic heterocycles. The Balaban J connectivity index is 2.07. The second-order valence-corrected chi connectivity index (χ2v) is 7.75. The van der Waals surface area contributed by atoms with Gasteiger partial charge in [-0.05, 0) is 12.8 Å². The third-order valence-electron chi connectivity index (χ3n) is 3.18. The quantitative estimate of drug-likeness (QED) is 0.860. The Hall–Kier alpha value is -1.30. The van der Waals surface area contributed by atoms with Crippen LogP contribution >= 0.6 is 11.8 Å². The molecule has 2 atom stereocenters. The summed E-state index contributed by atoms with van der Waals surface area (Å²) in [6.07, 6.45) is 5.05. The number of carboxylic acid groups (broad SMARTS) is 1. The number of aliphatic carboxylic acids is 1. The molecule has 0 saturated heterocycles. The molecule has 1 aromatic heterocycles. The lowest BCUT2D eigenvalue weighted by atomic mass is 9.83. The number of carbonyl (C=O) groups is 1. The van der Waals surface area contributed by atoms with Crippen LogP contribution in [0.2, 0.25) is 0 Å². The van der Waals surface area contributed by atoms with Crippen LogP contribution in [0.25, 0.3) is 0 Å². The van der Waals surface area contributed by atoms with Crippen LogP contribution in [0.1, 0.15) is 51.2 Å². The first kappa shape index (κ1) is 15.1. The second kappa shape index (κ2) is 5.99. The first-order valence-electron chi connectivity index (χ1n) is 6.71. The molecule has 2 rings (SSSR count). The Morgan fingerprint density at radius 1 is 1.45 bits per heavy atom. The number of rotatable bonds is 4. The van der Waals surface area contributed by atoms with Crippen molar-refractivity contribution in [1.82, 2.24) is 10.1 Å². The molecule has 0 radical (unpaired) electrons. The minimum atomic E-state index is -0.803. The normalized spacial score (nSPS) is 22.9. The predicted octanol–water partition coefficient (Wildman–Crippen LogP) is 3.24. The zero-order valence-corrected chi connectivity index (χ0v) is 12.8. The highest BCUT2D eigenvalue weighted by atomic mass is 32.2. The van der Waals surface area contributed by atoms with E-state index in [4.69, 9.17) is 4.52 Å². The van der Waals surface area contributed by atoms with Crippen molar-refractivity contribution in [2.45, 2.75) is 50.0 Å². The van der Waals surface area contributed by atoms with E-state index in [-0.39, 0.29) is 10.7 Å². The molecule has 1 aromatic rings. The summed E-state index contributed by atoms with van der Waals surface area (Å²) in [5.74, 6) is 0.280. The molecule has 0 spiro atoms. The number of hydrogen-bond donors (Lipinski definition) is 1. The van der Waals surface area contributed by atoms with Crippen molar-refractivity contribution in [3.63, 3.8) is 0 Å². The van der Waals surface area contributed by atoms with Crippen LogP contribution < -0.4 is 0 Å². The Morgan fingerprint density at radius 2 is 2.15 bits per heavy atom. The van der Waals surface area contributed by atoms with Crippen molar-refractivity contribution < 1.29 is 14.4 Å². The van der Waals surface area contributed by atoms with Gasteiger partial charge in [-0.15, -0.1) is 11.8 Å². The highest BCUT2D eigenvalue weighted by Crippen LogP contribution is 2.34. The summed E-state index contributed by atoms with van der Waals surface area (Å²) in [7, 11) is 0. The lowest BCUT2D eigenvalue weighted by Crippen LogP contribution is -2.23. The topological polar surface area (TPSA) is 76.2 Å². The number of hydrogen-bond acceptors (Lipinski definition) is 5. The molecule has 0 saturated carbocycles. The molecule has 1 N–H and O–H groups in total.